The van der Waals surface area contributed by atoms with E-state index in [0.717, 1.165) is 24.0 Å². The molecule has 0 saturated heterocycles. The highest BCUT2D eigenvalue weighted by atomic mass is 32.2. The fourth-order valence-corrected chi connectivity index (χ4v) is 2.49. The first-order valence-electron chi connectivity index (χ1n) is 7.21. The van der Waals surface area contributed by atoms with Gasteiger partial charge in [0.2, 0.25) is 15.9 Å². The quantitative estimate of drug-likeness (QED) is 0.743. The first kappa shape index (κ1) is 18.4. The third kappa shape index (κ3) is 6.91. The maximum Gasteiger partial charge on any atom is 0.224 e. The van der Waals surface area contributed by atoms with Crippen molar-refractivity contribution < 1.29 is 17.9 Å². The third-order valence-electron chi connectivity index (χ3n) is 3.08. The Hall–Kier alpha value is -1.60. The lowest BCUT2D eigenvalue weighted by Gasteiger charge is -2.22. The zero-order valence-electron chi connectivity index (χ0n) is 13.3. The fraction of sp³-hybridized carbons (Fsp3) is 0.533. The second-order valence-electron chi connectivity index (χ2n) is 5.08. The molecule has 7 heteroatoms. The Morgan fingerprint density at radius 1 is 1.27 bits per heavy atom. The van der Waals surface area contributed by atoms with Crippen LogP contribution in [0.25, 0.3) is 0 Å². The molecule has 1 aromatic rings. The lowest BCUT2D eigenvalue weighted by Crippen LogP contribution is -2.34. The van der Waals surface area contributed by atoms with E-state index in [-0.39, 0.29) is 18.9 Å². The third-order valence-corrected chi connectivity index (χ3v) is 3.81. The number of ether oxygens (including phenoxy) is 1. The highest BCUT2D eigenvalue weighted by molar-refractivity contribution is 7.88. The van der Waals surface area contributed by atoms with Crippen LogP contribution in [0, 0.1) is 0 Å². The standard InChI is InChI=1S/C15H24N2O4S/c1-4-11-17(15(18)9-10-16-22(3,19)20)12-13-5-7-14(21-2)8-6-13/h5-8,16H,4,9-12H2,1-3H3. The van der Waals surface area contributed by atoms with Crippen molar-refractivity contribution in [1.29, 1.82) is 0 Å². The molecule has 6 nitrogen and oxygen atoms in total. The average molecular weight is 328 g/mol. The fourth-order valence-electron chi connectivity index (χ4n) is 2.01. The number of carbonyl (C=O) groups is 1. The molecule has 1 amide bonds. The van der Waals surface area contributed by atoms with Gasteiger partial charge in [-0.1, -0.05) is 19.1 Å². The highest BCUT2D eigenvalue weighted by Gasteiger charge is 2.14. The van der Waals surface area contributed by atoms with Crippen molar-refractivity contribution >= 4 is 15.9 Å². The molecule has 0 aliphatic heterocycles. The molecular weight excluding hydrogens is 304 g/mol. The number of hydrogen-bond acceptors (Lipinski definition) is 4. The molecule has 0 heterocycles. The predicted molar refractivity (Wildman–Crippen MR) is 86.2 cm³/mol. The summed E-state index contributed by atoms with van der Waals surface area (Å²) in [5, 5.41) is 0. The van der Waals surface area contributed by atoms with Gasteiger partial charge in [0.25, 0.3) is 0 Å². The Morgan fingerprint density at radius 3 is 2.41 bits per heavy atom. The van der Waals surface area contributed by atoms with Gasteiger partial charge in [-0.2, -0.15) is 0 Å². The van der Waals surface area contributed by atoms with Crippen molar-refractivity contribution in [2.24, 2.45) is 0 Å². The molecular formula is C15H24N2O4S. The summed E-state index contributed by atoms with van der Waals surface area (Å²) in [4.78, 5) is 14.0. The molecule has 0 radical (unpaired) electrons. The van der Waals surface area contributed by atoms with Crippen LogP contribution < -0.4 is 9.46 Å². The first-order valence-corrected chi connectivity index (χ1v) is 9.10. The van der Waals surface area contributed by atoms with Crippen LogP contribution in [-0.2, 0) is 21.4 Å². The summed E-state index contributed by atoms with van der Waals surface area (Å²) in [7, 11) is -1.65. The number of amides is 1. The van der Waals surface area contributed by atoms with Crippen molar-refractivity contribution in [3.8, 4) is 5.75 Å². The minimum atomic E-state index is -3.26. The molecule has 0 saturated carbocycles. The predicted octanol–water partition coefficient (Wildman–Crippen LogP) is 1.37. The molecule has 124 valence electrons. The summed E-state index contributed by atoms with van der Waals surface area (Å²) in [5.41, 5.74) is 1.01. The molecule has 0 aromatic heterocycles. The van der Waals surface area contributed by atoms with Crippen LogP contribution in [0.1, 0.15) is 25.3 Å². The molecule has 0 aliphatic rings. The maximum atomic E-state index is 12.2. The molecule has 0 unspecified atom stereocenters. The van der Waals surface area contributed by atoms with Crippen molar-refractivity contribution in [3.05, 3.63) is 29.8 Å². The zero-order valence-corrected chi connectivity index (χ0v) is 14.1. The molecule has 1 aromatic carbocycles. The Morgan fingerprint density at radius 2 is 1.91 bits per heavy atom. The van der Waals surface area contributed by atoms with E-state index in [1.165, 1.54) is 0 Å². The van der Waals surface area contributed by atoms with Gasteiger partial charge in [0, 0.05) is 26.1 Å². The summed E-state index contributed by atoms with van der Waals surface area (Å²) >= 11 is 0. The van der Waals surface area contributed by atoms with Gasteiger partial charge in [0.15, 0.2) is 0 Å². The zero-order chi connectivity index (χ0) is 16.6. The lowest BCUT2D eigenvalue weighted by atomic mass is 10.2. The van der Waals surface area contributed by atoms with Gasteiger partial charge in [-0.15, -0.1) is 0 Å². The van der Waals surface area contributed by atoms with Gasteiger partial charge in [0.05, 0.1) is 13.4 Å². The topological polar surface area (TPSA) is 75.7 Å². The molecule has 0 atom stereocenters. The molecule has 22 heavy (non-hydrogen) atoms. The van der Waals surface area contributed by atoms with Gasteiger partial charge in [-0.3, -0.25) is 4.79 Å². The molecule has 1 rings (SSSR count). The van der Waals surface area contributed by atoms with E-state index in [0.29, 0.717) is 13.1 Å². The largest absolute Gasteiger partial charge is 0.497 e. The number of nitrogens with one attached hydrogen (secondary N) is 1. The van der Waals surface area contributed by atoms with Crippen molar-refractivity contribution in [3.63, 3.8) is 0 Å². The van der Waals surface area contributed by atoms with Crippen LogP contribution in [0.3, 0.4) is 0 Å². The van der Waals surface area contributed by atoms with Crippen LogP contribution in [0.4, 0.5) is 0 Å². The number of sulfonamides is 1. The van der Waals surface area contributed by atoms with E-state index in [1.54, 1.807) is 12.0 Å². The van der Waals surface area contributed by atoms with Crippen molar-refractivity contribution in [2.75, 3.05) is 26.5 Å². The SMILES string of the molecule is CCCN(Cc1ccc(OC)cc1)C(=O)CCNS(C)(=O)=O. The van der Waals surface area contributed by atoms with Crippen LogP contribution >= 0.6 is 0 Å². The molecule has 0 spiro atoms. The molecule has 1 N–H and O–H groups in total. The van der Waals surface area contributed by atoms with Crippen LogP contribution in [0.5, 0.6) is 5.75 Å². The van der Waals surface area contributed by atoms with Gasteiger partial charge >= 0.3 is 0 Å². The Bertz CT molecular complexity index is 570. The van der Waals surface area contributed by atoms with Gasteiger partial charge in [0.1, 0.15) is 5.75 Å². The first-order chi connectivity index (χ1) is 10.4. The number of carbonyl (C=O) groups excluding carboxylic acids is 1. The molecule has 0 fully saturated rings. The second-order valence-corrected chi connectivity index (χ2v) is 6.91. The summed E-state index contributed by atoms with van der Waals surface area (Å²) in [6.07, 6.45) is 2.09. The monoisotopic (exact) mass is 328 g/mol. The van der Waals surface area contributed by atoms with Crippen LogP contribution in [-0.4, -0.2) is 45.7 Å². The van der Waals surface area contributed by atoms with Crippen molar-refractivity contribution in [2.45, 2.75) is 26.3 Å². The summed E-state index contributed by atoms with van der Waals surface area (Å²) in [6.45, 7) is 3.28. The minimum Gasteiger partial charge on any atom is -0.497 e. The van der Waals surface area contributed by atoms with E-state index in [1.807, 2.05) is 31.2 Å². The Balaban J connectivity index is 2.61. The second kappa shape index (κ2) is 8.75. The van der Waals surface area contributed by atoms with Crippen LogP contribution in [0.15, 0.2) is 24.3 Å². The van der Waals surface area contributed by atoms with Gasteiger partial charge in [-0.25, -0.2) is 13.1 Å². The summed E-state index contributed by atoms with van der Waals surface area (Å²) < 4.78 is 29.5. The van der Waals surface area contributed by atoms with Gasteiger partial charge in [-0.05, 0) is 24.1 Å². The Labute approximate surface area is 132 Å². The number of nitrogens with zero attached hydrogens (tertiary/aromatic N) is 1. The van der Waals surface area contributed by atoms with E-state index in [4.69, 9.17) is 4.74 Å². The van der Waals surface area contributed by atoms with Gasteiger partial charge < -0.3 is 9.64 Å². The number of benzene rings is 1. The highest BCUT2D eigenvalue weighted by Crippen LogP contribution is 2.13. The smallest absolute Gasteiger partial charge is 0.224 e. The minimum absolute atomic E-state index is 0.0613. The van der Waals surface area contributed by atoms with Crippen molar-refractivity contribution in [1.82, 2.24) is 9.62 Å². The summed E-state index contributed by atoms with van der Waals surface area (Å²) in [6, 6.07) is 7.55. The lowest BCUT2D eigenvalue weighted by molar-refractivity contribution is -0.131. The molecule has 0 bridgehead atoms. The van der Waals surface area contributed by atoms with E-state index < -0.39 is 10.0 Å². The Kier molecular flexibility index (Phi) is 7.34. The van der Waals surface area contributed by atoms with E-state index in [2.05, 4.69) is 4.72 Å². The number of methoxy groups -OCH3 is 1. The average Bonchev–Trinajstić information content (AvgIpc) is 2.46. The summed E-state index contributed by atoms with van der Waals surface area (Å²) in [5.74, 6) is 0.711. The van der Waals surface area contributed by atoms with Crippen LogP contribution in [0.2, 0.25) is 0 Å². The normalized spacial score (nSPS) is 11.2. The maximum absolute atomic E-state index is 12.2. The molecule has 0 aliphatic carbocycles. The number of hydrogen-bond donors (Lipinski definition) is 1. The number of rotatable bonds is 9. The van der Waals surface area contributed by atoms with E-state index >= 15 is 0 Å². The van der Waals surface area contributed by atoms with E-state index in [9.17, 15) is 13.2 Å².